The lowest BCUT2D eigenvalue weighted by Gasteiger charge is -2.31. The summed E-state index contributed by atoms with van der Waals surface area (Å²) in [6.07, 6.45) is 3.23. The van der Waals surface area contributed by atoms with Crippen LogP contribution in [0.3, 0.4) is 0 Å². The summed E-state index contributed by atoms with van der Waals surface area (Å²) in [6, 6.07) is 10.0. The summed E-state index contributed by atoms with van der Waals surface area (Å²) < 4.78 is 0. The molecule has 2 aliphatic rings. The fourth-order valence-corrected chi connectivity index (χ4v) is 3.84. The molecular weight excluding hydrogens is 330 g/mol. The van der Waals surface area contributed by atoms with Gasteiger partial charge in [0.15, 0.2) is 6.67 Å². The molecule has 0 saturated carbocycles. The van der Waals surface area contributed by atoms with Crippen molar-refractivity contribution in [3.8, 4) is 0 Å². The number of carbonyl (C=O) groups is 3. The molecule has 6 heteroatoms. The van der Waals surface area contributed by atoms with E-state index in [1.54, 1.807) is 0 Å². The van der Waals surface area contributed by atoms with Crippen LogP contribution in [0.2, 0.25) is 0 Å². The van der Waals surface area contributed by atoms with Crippen molar-refractivity contribution in [2.45, 2.75) is 33.1 Å². The van der Waals surface area contributed by atoms with E-state index in [0.29, 0.717) is 19.1 Å². The third kappa shape index (κ3) is 4.12. The standard InChI is InChI=1S/C20H27N3O3/c1-15(2)13-22-18(24)19(25)23(20(22)26)14-21-10-8-17(9-11-21)12-16-6-4-3-5-7-16/h3-7,15,17H,8-14H2,1-2H3/p+1. The highest BCUT2D eigenvalue weighted by Crippen LogP contribution is 2.17. The van der Waals surface area contributed by atoms with Gasteiger partial charge in [0.05, 0.1) is 13.1 Å². The number of piperidine rings is 1. The van der Waals surface area contributed by atoms with Gasteiger partial charge in [0, 0.05) is 6.54 Å². The fraction of sp³-hybridized carbons (Fsp3) is 0.550. The smallest absolute Gasteiger partial charge is 0.317 e. The molecule has 0 spiro atoms. The summed E-state index contributed by atoms with van der Waals surface area (Å²) in [4.78, 5) is 40.1. The Morgan fingerprint density at radius 1 is 1.00 bits per heavy atom. The number of imide groups is 2. The van der Waals surface area contributed by atoms with Crippen molar-refractivity contribution in [2.24, 2.45) is 11.8 Å². The first-order valence-electron chi connectivity index (χ1n) is 9.50. The van der Waals surface area contributed by atoms with E-state index in [1.807, 2.05) is 19.9 Å². The minimum absolute atomic E-state index is 0.150. The summed E-state index contributed by atoms with van der Waals surface area (Å²) in [5.74, 6) is -0.557. The molecule has 6 nitrogen and oxygen atoms in total. The Kier molecular flexibility index (Phi) is 5.71. The van der Waals surface area contributed by atoms with Crippen molar-refractivity contribution in [1.82, 2.24) is 9.80 Å². The van der Waals surface area contributed by atoms with Gasteiger partial charge in [0.1, 0.15) is 0 Å². The summed E-state index contributed by atoms with van der Waals surface area (Å²) in [7, 11) is 0. The monoisotopic (exact) mass is 358 g/mol. The molecule has 4 amide bonds. The van der Waals surface area contributed by atoms with E-state index in [4.69, 9.17) is 0 Å². The van der Waals surface area contributed by atoms with E-state index in [9.17, 15) is 14.4 Å². The summed E-state index contributed by atoms with van der Waals surface area (Å²) in [6.45, 7) is 6.30. The van der Waals surface area contributed by atoms with Gasteiger partial charge in [0.2, 0.25) is 0 Å². The van der Waals surface area contributed by atoms with Crippen LogP contribution >= 0.6 is 0 Å². The Bertz CT molecular complexity index is 666. The second-order valence-corrected chi connectivity index (χ2v) is 7.87. The maximum Gasteiger partial charge on any atom is 0.338 e. The lowest BCUT2D eigenvalue weighted by molar-refractivity contribution is -0.913. The number of rotatable bonds is 6. The van der Waals surface area contributed by atoms with Gasteiger partial charge in [-0.3, -0.25) is 14.5 Å². The zero-order valence-corrected chi connectivity index (χ0v) is 15.6. The summed E-state index contributed by atoms with van der Waals surface area (Å²) in [5.41, 5.74) is 1.36. The zero-order chi connectivity index (χ0) is 18.7. The molecule has 0 atom stereocenters. The van der Waals surface area contributed by atoms with Gasteiger partial charge in [-0.15, -0.1) is 0 Å². The average molecular weight is 358 g/mol. The highest BCUT2D eigenvalue weighted by Gasteiger charge is 2.46. The number of quaternary nitrogens is 1. The number of nitrogens with one attached hydrogen (secondary N) is 1. The first-order valence-corrected chi connectivity index (χ1v) is 9.50. The second kappa shape index (κ2) is 7.99. The van der Waals surface area contributed by atoms with Crippen molar-refractivity contribution in [3.63, 3.8) is 0 Å². The van der Waals surface area contributed by atoms with Crippen LogP contribution in [0.5, 0.6) is 0 Å². The number of benzene rings is 1. The minimum atomic E-state index is -0.679. The molecule has 2 aliphatic heterocycles. The molecular formula is C20H28N3O3+. The summed E-state index contributed by atoms with van der Waals surface area (Å²) in [5, 5.41) is 0. The van der Waals surface area contributed by atoms with E-state index in [1.165, 1.54) is 10.5 Å². The van der Waals surface area contributed by atoms with Crippen LogP contribution in [0.4, 0.5) is 4.79 Å². The molecule has 1 aromatic rings. The molecule has 3 rings (SSSR count). The van der Waals surface area contributed by atoms with Crippen LogP contribution < -0.4 is 4.90 Å². The van der Waals surface area contributed by atoms with Crippen molar-refractivity contribution in [3.05, 3.63) is 35.9 Å². The minimum Gasteiger partial charge on any atom is -0.317 e. The molecule has 0 aromatic heterocycles. The van der Waals surface area contributed by atoms with Crippen molar-refractivity contribution in [2.75, 3.05) is 26.3 Å². The quantitative estimate of drug-likeness (QED) is 0.608. The van der Waals surface area contributed by atoms with E-state index >= 15 is 0 Å². The highest BCUT2D eigenvalue weighted by molar-refractivity contribution is 6.44. The summed E-state index contributed by atoms with van der Waals surface area (Å²) >= 11 is 0. The van der Waals surface area contributed by atoms with Gasteiger partial charge in [-0.1, -0.05) is 44.2 Å². The molecule has 2 saturated heterocycles. The molecule has 140 valence electrons. The van der Waals surface area contributed by atoms with E-state index in [0.717, 1.165) is 42.2 Å². The molecule has 0 radical (unpaired) electrons. The molecule has 1 N–H and O–H groups in total. The van der Waals surface area contributed by atoms with Gasteiger partial charge in [-0.05, 0) is 36.7 Å². The zero-order valence-electron chi connectivity index (χ0n) is 15.6. The Hall–Kier alpha value is -2.21. The van der Waals surface area contributed by atoms with Crippen LogP contribution in [0.15, 0.2) is 30.3 Å². The first kappa shape index (κ1) is 18.6. The van der Waals surface area contributed by atoms with E-state index in [2.05, 4.69) is 24.3 Å². The largest absolute Gasteiger partial charge is 0.338 e. The topological polar surface area (TPSA) is 62.1 Å². The molecule has 2 heterocycles. The first-order chi connectivity index (χ1) is 12.5. The third-order valence-electron chi connectivity index (χ3n) is 5.24. The number of amides is 4. The van der Waals surface area contributed by atoms with Crippen molar-refractivity contribution in [1.29, 1.82) is 0 Å². The SMILES string of the molecule is CC(C)CN1C(=O)C(=O)N(C[NH+]2CCC(Cc3ccccc3)CC2)C1=O. The normalized spacial score (nSPS) is 24.0. The maximum absolute atomic E-state index is 12.4. The number of hydrogen-bond donors (Lipinski definition) is 1. The van der Waals surface area contributed by atoms with Crippen molar-refractivity contribution >= 4 is 17.8 Å². The van der Waals surface area contributed by atoms with Crippen LogP contribution in [-0.4, -0.2) is 53.9 Å². The van der Waals surface area contributed by atoms with Crippen LogP contribution in [0.1, 0.15) is 32.3 Å². The van der Waals surface area contributed by atoms with Gasteiger partial charge in [-0.2, -0.15) is 0 Å². The second-order valence-electron chi connectivity index (χ2n) is 7.87. The molecule has 26 heavy (non-hydrogen) atoms. The number of likely N-dealkylation sites (tertiary alicyclic amines) is 1. The van der Waals surface area contributed by atoms with Gasteiger partial charge in [-0.25, -0.2) is 9.69 Å². The maximum atomic E-state index is 12.4. The molecule has 1 aromatic carbocycles. The highest BCUT2D eigenvalue weighted by atomic mass is 16.2. The van der Waals surface area contributed by atoms with Crippen molar-refractivity contribution < 1.29 is 19.3 Å². The Labute approximate surface area is 154 Å². The van der Waals surface area contributed by atoms with Gasteiger partial charge < -0.3 is 4.90 Å². The average Bonchev–Trinajstić information content (AvgIpc) is 2.82. The lowest BCUT2D eigenvalue weighted by Crippen LogP contribution is -3.14. The molecule has 0 aliphatic carbocycles. The lowest BCUT2D eigenvalue weighted by atomic mass is 9.90. The van der Waals surface area contributed by atoms with Gasteiger partial charge in [0.25, 0.3) is 0 Å². The molecule has 2 fully saturated rings. The Balaban J connectivity index is 1.52. The molecule has 0 bridgehead atoms. The van der Waals surface area contributed by atoms with E-state index < -0.39 is 17.8 Å². The van der Waals surface area contributed by atoms with Gasteiger partial charge >= 0.3 is 17.8 Å². The van der Waals surface area contributed by atoms with Crippen LogP contribution in [-0.2, 0) is 16.0 Å². The van der Waals surface area contributed by atoms with Crippen LogP contribution in [0.25, 0.3) is 0 Å². The predicted molar refractivity (Wildman–Crippen MR) is 97.2 cm³/mol. The number of carbonyl (C=O) groups excluding carboxylic acids is 3. The molecule has 0 unspecified atom stereocenters. The number of hydrogen-bond acceptors (Lipinski definition) is 3. The number of urea groups is 1. The fourth-order valence-electron chi connectivity index (χ4n) is 3.84. The van der Waals surface area contributed by atoms with Crippen LogP contribution in [0, 0.1) is 11.8 Å². The van der Waals surface area contributed by atoms with E-state index in [-0.39, 0.29) is 5.92 Å². The third-order valence-corrected chi connectivity index (χ3v) is 5.24. The number of nitrogens with zero attached hydrogens (tertiary/aromatic N) is 2. The Morgan fingerprint density at radius 3 is 2.23 bits per heavy atom. The predicted octanol–water partition coefficient (Wildman–Crippen LogP) is 0.928. The Morgan fingerprint density at radius 2 is 1.62 bits per heavy atom.